The average Bonchev–Trinajstić information content (AvgIpc) is 3.38. The van der Waals surface area contributed by atoms with Gasteiger partial charge < -0.3 is 29.9 Å². The first-order valence-electron chi connectivity index (χ1n) is 22.7. The molecular formula is C51H58Cl4F6N6O7S. The van der Waals surface area contributed by atoms with Crippen molar-refractivity contribution in [1.29, 1.82) is 0 Å². The molecular weight excluding hydrogens is 1100 g/mol. The zero-order valence-corrected chi connectivity index (χ0v) is 44.8. The number of hydrogen-bond acceptors (Lipinski definition) is 13. The number of rotatable bonds is 23. The van der Waals surface area contributed by atoms with Crippen molar-refractivity contribution in [2.75, 3.05) is 72.6 Å². The first-order valence-corrected chi connectivity index (χ1v) is 26.5. The van der Waals surface area contributed by atoms with Crippen molar-refractivity contribution in [1.82, 2.24) is 29.7 Å². The number of benzene rings is 3. The van der Waals surface area contributed by atoms with Crippen LogP contribution in [0.4, 0.5) is 26.3 Å². The summed E-state index contributed by atoms with van der Waals surface area (Å²) in [6.45, 7) is 4.32. The summed E-state index contributed by atoms with van der Waals surface area (Å²) >= 11 is 12.3. The smallest absolute Gasteiger partial charge is 0.212 e. The molecule has 0 saturated heterocycles. The van der Waals surface area contributed by atoms with Gasteiger partial charge in [0.25, 0.3) is 0 Å². The van der Waals surface area contributed by atoms with Gasteiger partial charge in [0.1, 0.15) is 0 Å². The molecule has 24 heteroatoms. The van der Waals surface area contributed by atoms with Gasteiger partial charge in [-0.2, -0.15) is 0 Å². The van der Waals surface area contributed by atoms with E-state index < -0.39 is 50.2 Å². The van der Waals surface area contributed by atoms with Crippen molar-refractivity contribution in [2.24, 2.45) is 0 Å². The lowest BCUT2D eigenvalue weighted by molar-refractivity contribution is 0.0949. The quantitative estimate of drug-likeness (QED) is 0.0273. The van der Waals surface area contributed by atoms with Crippen molar-refractivity contribution >= 4 is 53.8 Å². The lowest BCUT2D eigenvalue weighted by Gasteiger charge is -2.30. The highest BCUT2D eigenvalue weighted by Gasteiger charge is 2.21. The van der Waals surface area contributed by atoms with E-state index in [0.29, 0.717) is 66.1 Å². The molecule has 0 aliphatic carbocycles. The van der Waals surface area contributed by atoms with E-state index in [2.05, 4.69) is 36.3 Å². The van der Waals surface area contributed by atoms with Gasteiger partial charge in [-0.3, -0.25) is 19.7 Å². The fourth-order valence-electron chi connectivity index (χ4n) is 7.07. The van der Waals surface area contributed by atoms with E-state index in [1.807, 2.05) is 30.0 Å². The lowest BCUT2D eigenvalue weighted by Crippen LogP contribution is -2.33. The second kappa shape index (κ2) is 34.9. The summed E-state index contributed by atoms with van der Waals surface area (Å²) in [7, 11) is 10.4. The molecule has 3 heterocycles. The summed E-state index contributed by atoms with van der Waals surface area (Å²) in [5, 5.41) is 38.2. The Morgan fingerprint density at radius 1 is 0.587 bits per heavy atom. The number of halogens is 10. The third-order valence-corrected chi connectivity index (χ3v) is 11.4. The number of aliphatic hydroxyl groups excluding tert-OH is 4. The van der Waals surface area contributed by atoms with Crippen LogP contribution in [0.5, 0.6) is 11.8 Å². The summed E-state index contributed by atoms with van der Waals surface area (Å²) in [6, 6.07) is 21.4. The maximum atomic E-state index is 13.4. The van der Waals surface area contributed by atoms with Crippen LogP contribution in [0.1, 0.15) is 56.6 Å². The number of aromatic nitrogens is 3. The summed E-state index contributed by atoms with van der Waals surface area (Å²) in [5.74, 6) is -3.99. The molecule has 410 valence electrons. The lowest BCUT2D eigenvalue weighted by atomic mass is 10.1. The summed E-state index contributed by atoms with van der Waals surface area (Å²) in [6.07, 6.45) is 4.01. The van der Waals surface area contributed by atoms with Gasteiger partial charge in [0, 0.05) is 122 Å². The molecule has 3 unspecified atom stereocenters. The standard InChI is InChI=1S/C17H18Cl2F2N2O.C17H20F2N2O3.C17H20F2N2O2.Cl2OS/c1-24-17-5-3-13(9-22-17)14(19)11-23(7-6-18)10-12-2-4-15(20)16(21)8-12;1-24-17-5-3-13(9-20-17)16(23)11-21(6-7-22)10-12-2-4-14(18)15(19)8-12;1-12-2-4-14(9-20-12)17(11-23)21(6-7-22)10-13-3-5-15(18)16(19)8-13;1-4(2)3/h2-5,8-9,14H,6-7,10-11H2,1H3;2-5,8-9,16,22-23H,6-7,10-11H2,1H3;2-5,8-9,17,22-23H,6-7,10-11H2,1H3;. The van der Waals surface area contributed by atoms with Crippen LogP contribution in [0.25, 0.3) is 0 Å². The maximum absolute atomic E-state index is 13.4. The van der Waals surface area contributed by atoms with E-state index in [4.69, 9.17) is 36.9 Å². The van der Waals surface area contributed by atoms with E-state index in [1.165, 1.54) is 31.5 Å². The second-order valence-electron chi connectivity index (χ2n) is 16.2. The number of aryl methyl sites for hydroxylation is 1. The number of hydrogen-bond donors (Lipinski definition) is 4. The molecule has 0 radical (unpaired) electrons. The van der Waals surface area contributed by atoms with Gasteiger partial charge in [-0.15, -0.1) is 23.2 Å². The topological polar surface area (TPSA) is 165 Å². The van der Waals surface area contributed by atoms with E-state index in [9.17, 15) is 46.8 Å². The van der Waals surface area contributed by atoms with Gasteiger partial charge in [0.2, 0.25) is 21.0 Å². The summed E-state index contributed by atoms with van der Waals surface area (Å²) in [5.41, 5.74) is 4.90. The molecule has 13 nitrogen and oxygen atoms in total. The Kier molecular flexibility index (Phi) is 30.0. The largest absolute Gasteiger partial charge is 0.481 e. The summed E-state index contributed by atoms with van der Waals surface area (Å²) in [4.78, 5) is 17.9. The van der Waals surface area contributed by atoms with Crippen molar-refractivity contribution < 1.29 is 60.5 Å². The zero-order chi connectivity index (χ0) is 55.5. The van der Waals surface area contributed by atoms with E-state index in [0.717, 1.165) is 47.2 Å². The monoisotopic (exact) mass is 1150 g/mol. The van der Waals surface area contributed by atoms with Crippen LogP contribution in [-0.4, -0.2) is 127 Å². The van der Waals surface area contributed by atoms with E-state index in [-0.39, 0.29) is 57.4 Å². The number of ether oxygens (including phenoxy) is 2. The van der Waals surface area contributed by atoms with Crippen molar-refractivity contribution in [2.45, 2.75) is 44.1 Å². The average molecular weight is 1150 g/mol. The first kappa shape index (κ1) is 64.6. The molecule has 3 atom stereocenters. The summed E-state index contributed by atoms with van der Waals surface area (Å²) < 4.78 is 98.1. The van der Waals surface area contributed by atoms with Gasteiger partial charge in [-0.05, 0) is 83.3 Å². The van der Waals surface area contributed by atoms with Crippen LogP contribution in [0.2, 0.25) is 0 Å². The predicted molar refractivity (Wildman–Crippen MR) is 279 cm³/mol. The molecule has 0 aliphatic heterocycles. The highest BCUT2D eigenvalue weighted by Crippen LogP contribution is 2.25. The Balaban J connectivity index is 0.000000286. The molecule has 6 rings (SSSR count). The minimum absolute atomic E-state index is 0.112. The fraction of sp³-hybridized carbons (Fsp3) is 0.353. The normalized spacial score (nSPS) is 12.3. The molecule has 4 N–H and O–H groups in total. The van der Waals surface area contributed by atoms with Gasteiger partial charge in [-0.25, -0.2) is 40.5 Å². The number of methoxy groups -OCH3 is 2. The first-order chi connectivity index (χ1) is 35.8. The predicted octanol–water partition coefficient (Wildman–Crippen LogP) is 9.52. The zero-order valence-electron chi connectivity index (χ0n) is 41.0. The number of aliphatic hydroxyl groups is 4. The molecule has 3 aromatic carbocycles. The molecule has 0 aliphatic rings. The fourth-order valence-corrected chi connectivity index (χ4v) is 7.63. The van der Waals surface area contributed by atoms with E-state index >= 15 is 0 Å². The van der Waals surface area contributed by atoms with Crippen LogP contribution >= 0.6 is 44.6 Å². The molecule has 0 fully saturated rings. The molecule has 0 amide bonds. The third kappa shape index (κ3) is 23.6. The second-order valence-corrected chi connectivity index (χ2v) is 19.6. The van der Waals surface area contributed by atoms with Gasteiger partial charge in [0.05, 0.1) is 51.6 Å². The van der Waals surface area contributed by atoms with Crippen LogP contribution in [0.3, 0.4) is 0 Å². The van der Waals surface area contributed by atoms with Gasteiger partial charge >= 0.3 is 0 Å². The van der Waals surface area contributed by atoms with E-state index in [1.54, 1.807) is 53.6 Å². The molecule has 6 aromatic rings. The van der Waals surface area contributed by atoms with Gasteiger partial charge in [-0.1, -0.05) is 30.3 Å². The molecule has 0 saturated carbocycles. The number of pyridine rings is 3. The molecule has 0 bridgehead atoms. The molecule has 0 spiro atoms. The van der Waals surface area contributed by atoms with Crippen molar-refractivity contribution in [3.05, 3.63) is 184 Å². The van der Waals surface area contributed by atoms with Crippen LogP contribution in [0.15, 0.2) is 110 Å². The Morgan fingerprint density at radius 3 is 1.41 bits per heavy atom. The van der Waals surface area contributed by atoms with Crippen molar-refractivity contribution in [3.8, 4) is 11.8 Å². The number of alkyl halides is 2. The maximum Gasteiger partial charge on any atom is 0.212 e. The Morgan fingerprint density at radius 2 is 1.03 bits per heavy atom. The molecule has 75 heavy (non-hydrogen) atoms. The van der Waals surface area contributed by atoms with Crippen LogP contribution < -0.4 is 9.47 Å². The highest BCUT2D eigenvalue weighted by molar-refractivity contribution is 8.26. The highest BCUT2D eigenvalue weighted by atomic mass is 36.0. The Bertz CT molecular complexity index is 2490. The minimum atomic E-state index is -1.67. The third-order valence-electron chi connectivity index (χ3n) is 10.8. The SMILES string of the molecule is COc1ccc(C(Cl)CN(CCCl)Cc2ccc(F)c(F)c2)cn1.COc1ccc(C(O)CN(CCO)Cc2ccc(F)c(F)c2)cn1.Cc1ccc(C(CO)N(CCO)Cc2ccc(F)c(F)c2)cn1.O=S(Cl)Cl. The van der Waals surface area contributed by atoms with Crippen molar-refractivity contribution in [3.63, 3.8) is 0 Å². The Hall–Kier alpha value is -4.68. The van der Waals surface area contributed by atoms with Gasteiger partial charge in [0.15, 0.2) is 34.9 Å². The Labute approximate surface area is 453 Å². The minimum Gasteiger partial charge on any atom is -0.481 e. The molecule has 3 aromatic heterocycles. The number of nitrogens with zero attached hydrogens (tertiary/aromatic N) is 6. The van der Waals surface area contributed by atoms with Crippen LogP contribution in [-0.2, 0) is 28.9 Å². The van der Waals surface area contributed by atoms with Crippen LogP contribution in [0, 0.1) is 41.8 Å².